The predicted octanol–water partition coefficient (Wildman–Crippen LogP) is 2.30. The summed E-state index contributed by atoms with van der Waals surface area (Å²) in [5, 5.41) is 20.5. The molecule has 0 bridgehead atoms. The van der Waals surface area contributed by atoms with Crippen LogP contribution in [0.4, 0.5) is 11.7 Å². The molecule has 27 heavy (non-hydrogen) atoms. The molecule has 1 heterocycles. The molecule has 138 valence electrons. The Morgan fingerprint density at radius 3 is 2.48 bits per heavy atom. The lowest BCUT2D eigenvalue weighted by Gasteiger charge is -2.01. The number of hydrogen-bond acceptors (Lipinski definition) is 8. The zero-order valence-electron chi connectivity index (χ0n) is 13.8. The van der Waals surface area contributed by atoms with Crippen LogP contribution in [-0.2, 0) is 9.84 Å². The van der Waals surface area contributed by atoms with Crippen molar-refractivity contribution in [2.24, 2.45) is 0 Å². The lowest BCUT2D eigenvalue weighted by Crippen LogP contribution is -2.12. The molecule has 0 unspecified atom stereocenters. The summed E-state index contributed by atoms with van der Waals surface area (Å²) < 4.78 is 28.6. The second-order valence-corrected chi connectivity index (χ2v) is 7.49. The van der Waals surface area contributed by atoms with E-state index in [-0.39, 0.29) is 28.1 Å². The van der Waals surface area contributed by atoms with E-state index in [9.17, 15) is 23.3 Å². The first-order chi connectivity index (χ1) is 12.7. The molecule has 0 aliphatic rings. The molecule has 1 amide bonds. The van der Waals surface area contributed by atoms with Gasteiger partial charge in [-0.25, -0.2) is 8.42 Å². The van der Waals surface area contributed by atoms with Crippen molar-refractivity contribution in [3.05, 3.63) is 64.2 Å². The van der Waals surface area contributed by atoms with Crippen LogP contribution in [0.25, 0.3) is 11.5 Å². The third-order valence-electron chi connectivity index (χ3n) is 3.49. The zero-order valence-corrected chi connectivity index (χ0v) is 14.6. The van der Waals surface area contributed by atoms with Gasteiger partial charge in [0, 0.05) is 29.5 Å². The van der Waals surface area contributed by atoms with Crippen molar-refractivity contribution >= 4 is 27.4 Å². The number of nitrogens with zero attached hydrogens (tertiary/aromatic N) is 3. The first-order valence-corrected chi connectivity index (χ1v) is 9.33. The molecule has 2 aromatic carbocycles. The topological polar surface area (TPSA) is 145 Å². The Labute approximate surface area is 152 Å². The minimum absolute atomic E-state index is 0.0273. The van der Waals surface area contributed by atoms with Crippen molar-refractivity contribution in [1.29, 1.82) is 0 Å². The molecule has 0 aliphatic carbocycles. The first-order valence-electron chi connectivity index (χ1n) is 7.44. The van der Waals surface area contributed by atoms with Gasteiger partial charge in [-0.1, -0.05) is 11.2 Å². The molecule has 0 aliphatic heterocycles. The largest absolute Gasteiger partial charge is 0.403 e. The van der Waals surface area contributed by atoms with Crippen LogP contribution in [0.5, 0.6) is 0 Å². The van der Waals surface area contributed by atoms with Gasteiger partial charge in [-0.3, -0.25) is 20.2 Å². The summed E-state index contributed by atoms with van der Waals surface area (Å²) in [5.41, 5.74) is 0.401. The number of carbonyl (C=O) groups is 1. The highest BCUT2D eigenvalue weighted by atomic mass is 32.2. The molecule has 3 rings (SSSR count). The standard InChI is InChI=1S/C16H12N4O6S/c1-27(24,25)13-4-2-3-11(9-13)15-18-19-16(26-15)17-14(21)10-5-7-12(8-6-10)20(22)23/h2-9H,1H3,(H,17,19,21). The summed E-state index contributed by atoms with van der Waals surface area (Å²) in [6.45, 7) is 0. The van der Waals surface area contributed by atoms with Gasteiger partial charge in [0.1, 0.15) is 0 Å². The van der Waals surface area contributed by atoms with Crippen LogP contribution in [-0.4, -0.2) is 35.7 Å². The number of non-ortho nitro benzene ring substituents is 1. The average molecular weight is 388 g/mol. The highest BCUT2D eigenvalue weighted by Crippen LogP contribution is 2.23. The Morgan fingerprint density at radius 1 is 1.15 bits per heavy atom. The van der Waals surface area contributed by atoms with Gasteiger partial charge in [0.25, 0.3) is 11.6 Å². The van der Waals surface area contributed by atoms with Crippen LogP contribution in [0.1, 0.15) is 10.4 Å². The summed E-state index contributed by atoms with van der Waals surface area (Å²) in [4.78, 5) is 22.3. The molecule has 1 N–H and O–H groups in total. The zero-order chi connectivity index (χ0) is 19.6. The quantitative estimate of drug-likeness (QED) is 0.517. The summed E-state index contributed by atoms with van der Waals surface area (Å²) in [5.74, 6) is -0.565. The Hall–Kier alpha value is -3.60. The monoisotopic (exact) mass is 388 g/mol. The fourth-order valence-electron chi connectivity index (χ4n) is 2.15. The molecule has 0 saturated carbocycles. The van der Waals surface area contributed by atoms with Gasteiger partial charge in [0.2, 0.25) is 5.89 Å². The van der Waals surface area contributed by atoms with Gasteiger partial charge >= 0.3 is 6.01 Å². The molecule has 11 heteroatoms. The lowest BCUT2D eigenvalue weighted by molar-refractivity contribution is -0.384. The molecule has 0 saturated heterocycles. The molecular weight excluding hydrogens is 376 g/mol. The van der Waals surface area contributed by atoms with Crippen LogP contribution in [0.3, 0.4) is 0 Å². The van der Waals surface area contributed by atoms with E-state index in [0.717, 1.165) is 6.26 Å². The number of benzene rings is 2. The van der Waals surface area contributed by atoms with Crippen LogP contribution in [0.2, 0.25) is 0 Å². The normalized spacial score (nSPS) is 11.1. The molecule has 0 radical (unpaired) electrons. The number of nitrogens with one attached hydrogen (secondary N) is 1. The highest BCUT2D eigenvalue weighted by molar-refractivity contribution is 7.90. The van der Waals surface area contributed by atoms with Gasteiger partial charge in [0.15, 0.2) is 9.84 Å². The van der Waals surface area contributed by atoms with Gasteiger partial charge in [-0.15, -0.1) is 5.10 Å². The fourth-order valence-corrected chi connectivity index (χ4v) is 2.82. The SMILES string of the molecule is CS(=O)(=O)c1cccc(-c2nnc(NC(=O)c3ccc([N+](=O)[O-])cc3)o2)c1. The van der Waals surface area contributed by atoms with Crippen molar-refractivity contribution in [3.63, 3.8) is 0 Å². The highest BCUT2D eigenvalue weighted by Gasteiger charge is 2.15. The van der Waals surface area contributed by atoms with E-state index in [1.54, 1.807) is 6.07 Å². The third-order valence-corrected chi connectivity index (χ3v) is 4.61. The number of aromatic nitrogens is 2. The molecule has 0 spiro atoms. The maximum Gasteiger partial charge on any atom is 0.322 e. The predicted molar refractivity (Wildman–Crippen MR) is 93.9 cm³/mol. The summed E-state index contributed by atoms with van der Waals surface area (Å²) in [6.07, 6.45) is 1.08. The second-order valence-electron chi connectivity index (χ2n) is 5.47. The van der Waals surface area contributed by atoms with E-state index in [1.807, 2.05) is 0 Å². The van der Waals surface area contributed by atoms with E-state index in [1.165, 1.54) is 42.5 Å². The van der Waals surface area contributed by atoms with Crippen LogP contribution in [0, 0.1) is 10.1 Å². The molecule has 0 fully saturated rings. The van der Waals surface area contributed by atoms with E-state index in [4.69, 9.17) is 4.42 Å². The minimum Gasteiger partial charge on any atom is -0.403 e. The van der Waals surface area contributed by atoms with E-state index >= 15 is 0 Å². The summed E-state index contributed by atoms with van der Waals surface area (Å²) in [6, 6.07) is 10.7. The number of nitro benzene ring substituents is 1. The lowest BCUT2D eigenvalue weighted by atomic mass is 10.2. The Balaban J connectivity index is 1.78. The fraction of sp³-hybridized carbons (Fsp3) is 0.0625. The van der Waals surface area contributed by atoms with Crippen molar-refractivity contribution in [2.45, 2.75) is 4.90 Å². The maximum atomic E-state index is 12.1. The first kappa shape index (κ1) is 18.2. The summed E-state index contributed by atoms with van der Waals surface area (Å²) in [7, 11) is -3.40. The van der Waals surface area contributed by atoms with Gasteiger partial charge in [-0.2, -0.15) is 0 Å². The van der Waals surface area contributed by atoms with Crippen molar-refractivity contribution in [2.75, 3.05) is 11.6 Å². The number of anilines is 1. The molecule has 3 aromatic rings. The van der Waals surface area contributed by atoms with Crippen molar-refractivity contribution in [1.82, 2.24) is 10.2 Å². The smallest absolute Gasteiger partial charge is 0.322 e. The number of amides is 1. The maximum absolute atomic E-state index is 12.1. The number of rotatable bonds is 5. The third kappa shape index (κ3) is 4.15. The Bertz CT molecular complexity index is 1120. The van der Waals surface area contributed by atoms with Crippen LogP contribution >= 0.6 is 0 Å². The van der Waals surface area contributed by atoms with Crippen LogP contribution in [0.15, 0.2) is 57.8 Å². The molecule has 1 aromatic heterocycles. The molecule has 10 nitrogen and oxygen atoms in total. The molecule has 0 atom stereocenters. The minimum atomic E-state index is -3.40. The van der Waals surface area contributed by atoms with Crippen molar-refractivity contribution < 1.29 is 22.6 Å². The van der Waals surface area contributed by atoms with Gasteiger partial charge in [0.05, 0.1) is 9.82 Å². The van der Waals surface area contributed by atoms with Crippen molar-refractivity contribution in [3.8, 4) is 11.5 Å². The van der Waals surface area contributed by atoms with Gasteiger partial charge < -0.3 is 4.42 Å². The number of sulfone groups is 1. The Kier molecular flexibility index (Phi) is 4.69. The summed E-state index contributed by atoms with van der Waals surface area (Å²) >= 11 is 0. The average Bonchev–Trinajstić information content (AvgIpc) is 3.09. The number of hydrogen-bond donors (Lipinski definition) is 1. The van der Waals surface area contributed by atoms with E-state index in [2.05, 4.69) is 15.5 Å². The second kappa shape index (κ2) is 6.96. The van der Waals surface area contributed by atoms with Crippen LogP contribution < -0.4 is 5.32 Å². The number of nitro groups is 1. The van der Waals surface area contributed by atoms with Gasteiger partial charge in [-0.05, 0) is 30.3 Å². The van der Waals surface area contributed by atoms with E-state index in [0.29, 0.717) is 5.56 Å². The Morgan fingerprint density at radius 2 is 1.85 bits per heavy atom. The molecular formula is C16H12N4O6S. The number of carbonyl (C=O) groups excluding carboxylic acids is 1. The van der Waals surface area contributed by atoms with E-state index < -0.39 is 20.7 Å².